The summed E-state index contributed by atoms with van der Waals surface area (Å²) in [6.07, 6.45) is 8.56. The molecule has 1 aromatic rings. The van der Waals surface area contributed by atoms with Crippen molar-refractivity contribution < 1.29 is 18.7 Å². The Morgan fingerprint density at radius 3 is 2.92 bits per heavy atom. The van der Waals surface area contributed by atoms with Gasteiger partial charge in [-0.3, -0.25) is 0 Å². The van der Waals surface area contributed by atoms with Gasteiger partial charge in [-0.05, 0) is 50.7 Å². The molecular weight excluding hydrogens is 320 g/mol. The fourth-order valence-corrected chi connectivity index (χ4v) is 4.45. The van der Waals surface area contributed by atoms with Crippen molar-refractivity contribution >= 4 is 6.03 Å². The van der Waals surface area contributed by atoms with Crippen molar-refractivity contribution in [3.63, 3.8) is 0 Å². The minimum Gasteiger partial charge on any atom is -0.467 e. The molecule has 0 spiro atoms. The lowest BCUT2D eigenvalue weighted by atomic mass is 9.82. The van der Waals surface area contributed by atoms with Gasteiger partial charge in [0.1, 0.15) is 5.76 Å². The van der Waals surface area contributed by atoms with Gasteiger partial charge in [0.05, 0.1) is 25.0 Å². The second-order valence-electron chi connectivity index (χ2n) is 7.44. The first-order valence-corrected chi connectivity index (χ1v) is 9.60. The van der Waals surface area contributed by atoms with Crippen molar-refractivity contribution in [3.05, 3.63) is 24.2 Å². The zero-order valence-corrected chi connectivity index (χ0v) is 14.7. The maximum Gasteiger partial charge on any atom is 0.318 e. The second kappa shape index (κ2) is 7.79. The maximum atomic E-state index is 13.0. The van der Waals surface area contributed by atoms with Gasteiger partial charge >= 0.3 is 6.03 Å². The summed E-state index contributed by atoms with van der Waals surface area (Å²) in [5.41, 5.74) is 0. The van der Waals surface area contributed by atoms with Gasteiger partial charge in [-0.1, -0.05) is 0 Å². The van der Waals surface area contributed by atoms with Crippen LogP contribution >= 0.6 is 0 Å². The highest BCUT2D eigenvalue weighted by molar-refractivity contribution is 5.74. The van der Waals surface area contributed by atoms with Gasteiger partial charge in [0.25, 0.3) is 0 Å². The zero-order valence-electron chi connectivity index (χ0n) is 14.7. The number of nitrogens with one attached hydrogen (secondary N) is 1. The molecule has 0 bridgehead atoms. The first-order chi connectivity index (χ1) is 12.3. The molecule has 6 nitrogen and oxygen atoms in total. The number of ether oxygens (including phenoxy) is 2. The number of hydrogen-bond acceptors (Lipinski definition) is 4. The second-order valence-corrected chi connectivity index (χ2v) is 7.44. The third-order valence-electron chi connectivity index (χ3n) is 5.75. The van der Waals surface area contributed by atoms with Gasteiger partial charge in [-0.15, -0.1) is 0 Å². The van der Waals surface area contributed by atoms with Crippen LogP contribution in [0.5, 0.6) is 0 Å². The third-order valence-corrected chi connectivity index (χ3v) is 5.75. The average molecular weight is 348 g/mol. The summed E-state index contributed by atoms with van der Waals surface area (Å²) in [6.45, 7) is 2.72. The Bertz CT molecular complexity index is 556. The van der Waals surface area contributed by atoms with Crippen LogP contribution in [0.2, 0.25) is 0 Å². The molecule has 0 unspecified atom stereocenters. The molecule has 1 saturated carbocycles. The molecule has 6 heteroatoms. The highest BCUT2D eigenvalue weighted by atomic mass is 16.5. The molecule has 4 rings (SSSR count). The van der Waals surface area contributed by atoms with E-state index in [1.165, 1.54) is 0 Å². The predicted octanol–water partition coefficient (Wildman–Crippen LogP) is 2.93. The van der Waals surface area contributed by atoms with E-state index in [2.05, 4.69) is 5.32 Å². The van der Waals surface area contributed by atoms with Gasteiger partial charge in [0, 0.05) is 31.7 Å². The maximum absolute atomic E-state index is 13.0. The summed E-state index contributed by atoms with van der Waals surface area (Å²) >= 11 is 0. The first-order valence-electron chi connectivity index (χ1n) is 9.60. The molecule has 0 aromatic carbocycles. The lowest BCUT2D eigenvalue weighted by Crippen LogP contribution is -2.51. The van der Waals surface area contributed by atoms with Crippen molar-refractivity contribution in [3.8, 4) is 0 Å². The van der Waals surface area contributed by atoms with Crippen molar-refractivity contribution in [1.29, 1.82) is 0 Å². The summed E-state index contributed by atoms with van der Waals surface area (Å²) in [4.78, 5) is 14.8. The number of urea groups is 1. The Morgan fingerprint density at radius 2 is 2.12 bits per heavy atom. The molecule has 1 aliphatic carbocycles. The topological polar surface area (TPSA) is 63.9 Å². The number of furan rings is 1. The van der Waals surface area contributed by atoms with Gasteiger partial charge in [-0.2, -0.15) is 0 Å². The van der Waals surface area contributed by atoms with E-state index in [0.29, 0.717) is 25.1 Å². The molecule has 138 valence electrons. The van der Waals surface area contributed by atoms with E-state index in [9.17, 15) is 4.79 Å². The third kappa shape index (κ3) is 4.01. The average Bonchev–Trinajstić information content (AvgIpc) is 3.37. The summed E-state index contributed by atoms with van der Waals surface area (Å²) in [5, 5.41) is 3.29. The van der Waals surface area contributed by atoms with Crippen LogP contribution in [-0.2, 0) is 16.0 Å². The molecule has 3 heterocycles. The molecule has 2 amide bonds. The van der Waals surface area contributed by atoms with E-state index in [1.807, 2.05) is 17.0 Å². The van der Waals surface area contributed by atoms with Gasteiger partial charge < -0.3 is 24.1 Å². The molecule has 2 saturated heterocycles. The van der Waals surface area contributed by atoms with Crippen LogP contribution in [0.4, 0.5) is 4.79 Å². The van der Waals surface area contributed by atoms with Gasteiger partial charge in [0.2, 0.25) is 0 Å². The van der Waals surface area contributed by atoms with Crippen LogP contribution < -0.4 is 5.32 Å². The van der Waals surface area contributed by atoms with Crippen molar-refractivity contribution in [1.82, 2.24) is 10.2 Å². The summed E-state index contributed by atoms with van der Waals surface area (Å²) < 4.78 is 17.0. The standard InChI is InChI=1S/C19H28N2O4/c22-19(20-17-6-1-7-18-16(17)8-11-25-18)21(12-14-4-2-9-23-14)13-15-5-3-10-24-15/h2,4,9,15-18H,1,3,5-8,10-13H2,(H,20,22)/t15-,16-,17-,18+/m1/s1. The quantitative estimate of drug-likeness (QED) is 0.889. The van der Waals surface area contributed by atoms with Crippen LogP contribution in [0.1, 0.15) is 44.3 Å². The Labute approximate surface area is 148 Å². The van der Waals surface area contributed by atoms with Gasteiger partial charge in [0.15, 0.2) is 0 Å². The van der Waals surface area contributed by atoms with E-state index in [-0.39, 0.29) is 18.2 Å². The number of rotatable bonds is 5. The van der Waals surface area contributed by atoms with Crippen molar-refractivity contribution in [2.75, 3.05) is 19.8 Å². The van der Waals surface area contributed by atoms with Crippen LogP contribution in [0.3, 0.4) is 0 Å². The number of carbonyl (C=O) groups is 1. The number of fused-ring (bicyclic) bond motifs is 1. The number of hydrogen-bond donors (Lipinski definition) is 1. The van der Waals surface area contributed by atoms with Crippen molar-refractivity contribution in [2.24, 2.45) is 5.92 Å². The highest BCUT2D eigenvalue weighted by Gasteiger charge is 2.39. The lowest BCUT2D eigenvalue weighted by Gasteiger charge is -2.35. The van der Waals surface area contributed by atoms with Crippen LogP contribution in [0.15, 0.2) is 22.8 Å². The van der Waals surface area contributed by atoms with E-state index >= 15 is 0 Å². The zero-order chi connectivity index (χ0) is 17.1. The minimum absolute atomic E-state index is 0.00977. The SMILES string of the molecule is O=C(N[C@@H]1CCC[C@@H]2OCC[C@@H]21)N(Cc1ccco1)C[C@H]1CCCO1. The summed E-state index contributed by atoms with van der Waals surface area (Å²) in [5.74, 6) is 1.27. The number of carbonyl (C=O) groups excluding carboxylic acids is 1. The Morgan fingerprint density at radius 1 is 1.16 bits per heavy atom. The Kier molecular flexibility index (Phi) is 5.27. The van der Waals surface area contributed by atoms with Crippen LogP contribution in [0.25, 0.3) is 0 Å². The Balaban J connectivity index is 1.40. The van der Waals surface area contributed by atoms with Crippen LogP contribution in [0, 0.1) is 5.92 Å². The van der Waals surface area contributed by atoms with Gasteiger partial charge in [-0.25, -0.2) is 4.79 Å². The molecular formula is C19H28N2O4. The summed E-state index contributed by atoms with van der Waals surface area (Å²) in [7, 11) is 0. The highest BCUT2D eigenvalue weighted by Crippen LogP contribution is 2.34. The number of nitrogens with zero attached hydrogens (tertiary/aromatic N) is 1. The smallest absolute Gasteiger partial charge is 0.318 e. The molecule has 25 heavy (non-hydrogen) atoms. The van der Waals surface area contributed by atoms with Crippen LogP contribution in [-0.4, -0.2) is 48.9 Å². The molecule has 2 aliphatic heterocycles. The number of amides is 2. The van der Waals surface area contributed by atoms with E-state index in [0.717, 1.165) is 57.5 Å². The monoisotopic (exact) mass is 348 g/mol. The molecule has 4 atom stereocenters. The van der Waals surface area contributed by atoms with E-state index in [4.69, 9.17) is 13.9 Å². The largest absolute Gasteiger partial charge is 0.467 e. The molecule has 3 fully saturated rings. The first kappa shape index (κ1) is 16.9. The fraction of sp³-hybridized carbons (Fsp3) is 0.737. The Hall–Kier alpha value is -1.53. The van der Waals surface area contributed by atoms with Crippen molar-refractivity contribution in [2.45, 2.75) is 63.3 Å². The lowest BCUT2D eigenvalue weighted by molar-refractivity contribution is 0.0510. The minimum atomic E-state index is -0.00977. The fourth-order valence-electron chi connectivity index (χ4n) is 4.45. The molecule has 3 aliphatic rings. The summed E-state index contributed by atoms with van der Waals surface area (Å²) in [6, 6.07) is 3.98. The molecule has 0 radical (unpaired) electrons. The van der Waals surface area contributed by atoms with E-state index < -0.39 is 0 Å². The molecule has 1 N–H and O–H groups in total. The van der Waals surface area contributed by atoms with E-state index in [1.54, 1.807) is 6.26 Å². The molecule has 1 aromatic heterocycles. The predicted molar refractivity (Wildman–Crippen MR) is 92.1 cm³/mol. The normalized spacial score (nSPS) is 31.7.